The number of phenols is 4. The number of methoxy groups -OCH3 is 4. The standard InChI is InChI=1S/C64H48N4O8/c1-73-53-29-17-37(57-33(53)9-5-13-49(57)69)61-41-21-23-43(65-41)62(38-18-30-54(74-2)34-10-6-14-50(70)58(34)38)45-25-27-47(67-45)64(40-20-32-56(76-4)36-12-8-16-52(72)60(36)40)48-28-26-46(68-48)63(44-24-22-42(61)66-44)39-19-31-55(75-3)35-11-7-15-51(71)59(35)39/h5-32,65-72H,1-4H3. The van der Waals surface area contributed by atoms with Gasteiger partial charge in [-0.25, -0.2) is 0 Å². The first-order valence-corrected chi connectivity index (χ1v) is 24.6. The van der Waals surface area contributed by atoms with Crippen molar-refractivity contribution in [1.82, 2.24) is 19.9 Å². The van der Waals surface area contributed by atoms with Crippen molar-refractivity contribution in [2.75, 3.05) is 28.4 Å². The van der Waals surface area contributed by atoms with Crippen LogP contribution in [-0.4, -0.2) is 68.8 Å². The molecule has 1 aliphatic heterocycles. The summed E-state index contributed by atoms with van der Waals surface area (Å²) in [6.45, 7) is 0. The van der Waals surface area contributed by atoms with Gasteiger partial charge in [0.2, 0.25) is 0 Å². The first kappa shape index (κ1) is 45.6. The average molecular weight is 1000 g/mol. The van der Waals surface area contributed by atoms with Gasteiger partial charge < -0.3 is 59.3 Å². The van der Waals surface area contributed by atoms with Crippen molar-refractivity contribution in [3.8, 4) is 46.0 Å². The topological polar surface area (TPSA) is 181 Å². The second-order valence-electron chi connectivity index (χ2n) is 18.7. The molecule has 76 heavy (non-hydrogen) atoms. The summed E-state index contributed by atoms with van der Waals surface area (Å²) < 4.78 is 23.4. The lowest BCUT2D eigenvalue weighted by molar-refractivity contribution is 0.419. The lowest BCUT2D eigenvalue weighted by Crippen LogP contribution is -2.19. The van der Waals surface area contributed by atoms with E-state index in [2.05, 4.69) is 19.9 Å². The van der Waals surface area contributed by atoms with Gasteiger partial charge in [-0.1, -0.05) is 48.5 Å². The van der Waals surface area contributed by atoms with Crippen molar-refractivity contribution in [3.63, 3.8) is 0 Å². The number of aromatic amines is 4. The van der Waals surface area contributed by atoms with E-state index in [4.69, 9.17) is 18.9 Å². The highest BCUT2D eigenvalue weighted by molar-refractivity contribution is 6.07. The lowest BCUT2D eigenvalue weighted by atomic mass is 9.94. The molecule has 5 heterocycles. The molecule has 8 aromatic carbocycles. The van der Waals surface area contributed by atoms with Gasteiger partial charge in [0.25, 0.3) is 0 Å². The van der Waals surface area contributed by atoms with Gasteiger partial charge in [0, 0.05) is 110 Å². The number of aromatic nitrogens is 4. The normalized spacial score (nSPS) is 12.6. The summed E-state index contributed by atoms with van der Waals surface area (Å²) in [5.74, 6) is 2.71. The fourth-order valence-electron chi connectivity index (χ4n) is 11.5. The Morgan fingerprint density at radius 1 is 0.263 bits per heavy atom. The van der Waals surface area contributed by atoms with E-state index < -0.39 is 0 Å². The first-order chi connectivity index (χ1) is 37.2. The van der Waals surface area contributed by atoms with Crippen molar-refractivity contribution in [1.29, 1.82) is 0 Å². The lowest BCUT2D eigenvalue weighted by Gasteiger charge is -2.16. The molecular formula is C64H48N4O8. The van der Waals surface area contributed by atoms with Crippen LogP contribution >= 0.6 is 0 Å². The van der Waals surface area contributed by atoms with Gasteiger partial charge in [-0.2, -0.15) is 0 Å². The minimum absolute atomic E-state index is 0.0762. The van der Waals surface area contributed by atoms with Gasteiger partial charge in [0.15, 0.2) is 0 Å². The van der Waals surface area contributed by atoms with Crippen LogP contribution in [0.15, 0.2) is 170 Å². The molecule has 0 spiro atoms. The molecule has 0 atom stereocenters. The molecule has 13 rings (SSSR count). The van der Waals surface area contributed by atoms with Gasteiger partial charge in [0.05, 0.1) is 28.4 Å². The van der Waals surface area contributed by atoms with Crippen LogP contribution in [0.3, 0.4) is 0 Å². The molecule has 12 heteroatoms. The van der Waals surface area contributed by atoms with E-state index in [0.29, 0.717) is 88.7 Å². The third-order valence-electron chi connectivity index (χ3n) is 14.8. The summed E-state index contributed by atoms with van der Waals surface area (Å²) in [5.41, 5.74) is 8.67. The predicted octanol–water partition coefficient (Wildman–Crippen LogP) is 9.77. The van der Waals surface area contributed by atoms with E-state index in [9.17, 15) is 20.4 Å². The van der Waals surface area contributed by atoms with Crippen LogP contribution in [0.4, 0.5) is 0 Å². The molecule has 12 nitrogen and oxygen atoms in total. The molecule has 8 bridgehead atoms. The Labute approximate surface area is 433 Å². The summed E-state index contributed by atoms with van der Waals surface area (Å²) in [6.07, 6.45) is 0. The molecular weight excluding hydrogens is 953 g/mol. The zero-order valence-electron chi connectivity index (χ0n) is 41.6. The van der Waals surface area contributed by atoms with E-state index in [0.717, 1.165) is 66.1 Å². The van der Waals surface area contributed by atoms with Crippen molar-refractivity contribution in [2.24, 2.45) is 0 Å². The van der Waals surface area contributed by atoms with Crippen LogP contribution in [0, 0.1) is 0 Å². The van der Waals surface area contributed by atoms with E-state index in [1.165, 1.54) is 0 Å². The van der Waals surface area contributed by atoms with Crippen LogP contribution in [0.1, 0.15) is 45.0 Å². The van der Waals surface area contributed by atoms with Crippen molar-refractivity contribution in [2.45, 2.75) is 0 Å². The fourth-order valence-corrected chi connectivity index (χ4v) is 11.5. The monoisotopic (exact) mass is 1000 g/mol. The highest BCUT2D eigenvalue weighted by atomic mass is 16.5. The summed E-state index contributed by atoms with van der Waals surface area (Å²) in [7, 11) is 6.46. The first-order valence-electron chi connectivity index (χ1n) is 24.6. The fraction of sp³-hybridized carbons (Fsp3) is 0.0625. The van der Waals surface area contributed by atoms with E-state index in [1.807, 2.05) is 121 Å². The summed E-state index contributed by atoms with van der Waals surface area (Å²) in [6, 6.07) is 53.3. The highest BCUT2D eigenvalue weighted by Gasteiger charge is 2.25. The molecule has 0 fully saturated rings. The summed E-state index contributed by atoms with van der Waals surface area (Å²) in [5, 5.41) is 55.4. The van der Waals surface area contributed by atoms with Crippen LogP contribution in [0.25, 0.3) is 65.4 Å². The maximum absolute atomic E-state index is 11.8. The highest BCUT2D eigenvalue weighted by Crippen LogP contribution is 2.44. The van der Waals surface area contributed by atoms with Crippen LogP contribution in [0.5, 0.6) is 46.0 Å². The Balaban J connectivity index is 1.23. The van der Waals surface area contributed by atoms with Crippen LogP contribution in [0.2, 0.25) is 0 Å². The van der Waals surface area contributed by atoms with Gasteiger partial charge in [-0.3, -0.25) is 0 Å². The second kappa shape index (κ2) is 17.8. The van der Waals surface area contributed by atoms with E-state index in [-0.39, 0.29) is 23.0 Å². The van der Waals surface area contributed by atoms with E-state index >= 15 is 0 Å². The molecule has 372 valence electrons. The Bertz CT molecular complexity index is 4070. The SMILES string of the molecule is COc1ccc(C2=c3ccc([nH]3)=C(c3ccc(OC)c4cccc(O)c34)c3ccc([nH]3)C(c3ccc(OC)c4cccc(O)c34)=c3ccc([nH]3)=C(c3ccc(OC)c4cccc(O)c34)c3ccc2[nH]3)c2c(O)cccc12. The number of ether oxygens (including phenoxy) is 4. The van der Waals surface area contributed by atoms with Crippen molar-refractivity contribution in [3.05, 3.63) is 236 Å². The Kier molecular flexibility index (Phi) is 10.7. The number of aromatic hydroxyl groups is 4. The minimum atomic E-state index is 0.0762. The summed E-state index contributed by atoms with van der Waals surface area (Å²) >= 11 is 0. The maximum Gasteiger partial charge on any atom is 0.126 e. The minimum Gasteiger partial charge on any atom is -0.507 e. The number of nitrogens with one attached hydrogen (secondary N) is 4. The van der Waals surface area contributed by atoms with Gasteiger partial charge in [-0.05, 0) is 144 Å². The van der Waals surface area contributed by atoms with Crippen LogP contribution in [-0.2, 0) is 0 Å². The molecule has 0 saturated carbocycles. The average Bonchev–Trinajstić information content (AvgIpc) is 4.33. The number of rotatable bonds is 8. The number of phenolic OH excluding ortho intramolecular Hbond substituents is 4. The maximum atomic E-state index is 11.8. The molecule has 4 aromatic heterocycles. The quantitative estimate of drug-likeness (QED) is 0.0741. The number of benzene rings is 8. The van der Waals surface area contributed by atoms with Crippen molar-refractivity contribution >= 4 is 65.4 Å². The van der Waals surface area contributed by atoms with Gasteiger partial charge in [0.1, 0.15) is 46.0 Å². The number of fused-ring (bicyclic) bond motifs is 12. The predicted molar refractivity (Wildman–Crippen MR) is 297 cm³/mol. The third-order valence-corrected chi connectivity index (χ3v) is 14.8. The molecule has 0 radical (unpaired) electrons. The zero-order valence-corrected chi connectivity index (χ0v) is 41.6. The van der Waals surface area contributed by atoms with Crippen LogP contribution < -0.4 is 40.3 Å². The van der Waals surface area contributed by atoms with Crippen molar-refractivity contribution < 1.29 is 39.4 Å². The smallest absolute Gasteiger partial charge is 0.126 e. The Hall–Kier alpha value is -10.2. The van der Waals surface area contributed by atoms with E-state index in [1.54, 1.807) is 77.0 Å². The largest absolute Gasteiger partial charge is 0.507 e. The molecule has 1 aliphatic rings. The molecule has 0 aliphatic carbocycles. The second-order valence-corrected chi connectivity index (χ2v) is 18.7. The molecule has 8 N–H and O–H groups in total. The molecule has 0 saturated heterocycles. The Morgan fingerprint density at radius 3 is 0.724 bits per heavy atom. The number of hydrogen-bond acceptors (Lipinski definition) is 8. The molecule has 0 unspecified atom stereocenters. The summed E-state index contributed by atoms with van der Waals surface area (Å²) in [4.78, 5) is 15.3. The molecule has 12 aromatic rings. The van der Waals surface area contributed by atoms with Gasteiger partial charge in [-0.15, -0.1) is 0 Å². The van der Waals surface area contributed by atoms with Gasteiger partial charge >= 0.3 is 0 Å². The number of hydrogen-bond donors (Lipinski definition) is 8. The third kappa shape index (κ3) is 6.98. The Morgan fingerprint density at radius 2 is 0.500 bits per heavy atom. The number of H-pyrrole nitrogens is 4. The molecule has 0 amide bonds. The zero-order chi connectivity index (χ0) is 51.9.